The zero-order valence-electron chi connectivity index (χ0n) is 17.3. The van der Waals surface area contributed by atoms with Gasteiger partial charge in [-0.05, 0) is 82.9 Å². The van der Waals surface area contributed by atoms with Crippen LogP contribution in [0.15, 0.2) is 4.99 Å². The second-order valence-corrected chi connectivity index (χ2v) is 8.12. The Morgan fingerprint density at radius 1 is 1.21 bits per heavy atom. The summed E-state index contributed by atoms with van der Waals surface area (Å²) in [7, 11) is 0. The Bertz CT molecular complexity index is 772. The maximum absolute atomic E-state index is 10.8. The van der Waals surface area contributed by atoms with Gasteiger partial charge in [0.25, 0.3) is 0 Å². The van der Waals surface area contributed by atoms with E-state index >= 15 is 0 Å². The highest BCUT2D eigenvalue weighted by molar-refractivity contribution is 5.76. The minimum atomic E-state index is -0.848. The van der Waals surface area contributed by atoms with Crippen molar-refractivity contribution in [2.45, 2.75) is 84.3 Å². The topological polar surface area (TPSA) is 131 Å². The Morgan fingerprint density at radius 2 is 1.89 bits per heavy atom. The molecule has 0 aliphatic carbocycles. The molecule has 1 aromatic rings. The predicted molar refractivity (Wildman–Crippen MR) is 110 cm³/mol. The van der Waals surface area contributed by atoms with Crippen molar-refractivity contribution in [2.24, 2.45) is 16.5 Å². The summed E-state index contributed by atoms with van der Waals surface area (Å²) in [5, 5.41) is 19.2. The van der Waals surface area contributed by atoms with Gasteiger partial charge in [-0.15, -0.1) is 0 Å². The molecule has 1 aliphatic rings. The van der Waals surface area contributed by atoms with Crippen LogP contribution in [0.3, 0.4) is 0 Å². The second kappa shape index (κ2) is 8.71. The lowest BCUT2D eigenvalue weighted by atomic mass is 9.84. The maximum Gasteiger partial charge on any atom is 0.303 e. The van der Waals surface area contributed by atoms with Crippen LogP contribution in [0.2, 0.25) is 0 Å². The molecule has 2 unspecified atom stereocenters. The van der Waals surface area contributed by atoms with Gasteiger partial charge in [0.05, 0.1) is 6.04 Å². The Morgan fingerprint density at radius 3 is 2.50 bits per heavy atom. The van der Waals surface area contributed by atoms with Crippen molar-refractivity contribution in [1.82, 2.24) is 0 Å². The third-order valence-corrected chi connectivity index (χ3v) is 5.86. The third-order valence-electron chi connectivity index (χ3n) is 5.86. The van der Waals surface area contributed by atoms with E-state index in [0.717, 1.165) is 53.7 Å². The van der Waals surface area contributed by atoms with E-state index in [2.05, 4.69) is 11.9 Å². The number of benzene rings is 1. The summed E-state index contributed by atoms with van der Waals surface area (Å²) in [5.41, 5.74) is 14.5. The number of carbonyl (C=O) groups is 1. The van der Waals surface area contributed by atoms with Gasteiger partial charge in [0, 0.05) is 12.0 Å². The minimum Gasteiger partial charge on any atom is -0.507 e. The first kappa shape index (κ1) is 21.9. The van der Waals surface area contributed by atoms with Gasteiger partial charge in [0.2, 0.25) is 0 Å². The standard InChI is InChI=1S/C21H33N3O4/c1-12-13(2)19-16(14(3)18(12)27)9-11-21(4,28-19)10-5-6-15(24-20(22)23)7-8-17(25)26/h15,27H,5-11H2,1-4H3,(H,25,26)(H4,22,23,24). The van der Waals surface area contributed by atoms with Crippen LogP contribution in [0.4, 0.5) is 0 Å². The van der Waals surface area contributed by atoms with Crippen LogP contribution in [0.5, 0.6) is 11.5 Å². The molecule has 2 rings (SSSR count). The van der Waals surface area contributed by atoms with Crippen LogP contribution in [-0.4, -0.2) is 33.8 Å². The summed E-state index contributed by atoms with van der Waals surface area (Å²) in [5.74, 6) is 0.403. The molecule has 0 radical (unpaired) electrons. The summed E-state index contributed by atoms with van der Waals surface area (Å²) in [6.07, 6.45) is 4.57. The summed E-state index contributed by atoms with van der Waals surface area (Å²) < 4.78 is 6.44. The largest absolute Gasteiger partial charge is 0.507 e. The van der Waals surface area contributed by atoms with Crippen molar-refractivity contribution in [2.75, 3.05) is 0 Å². The molecule has 2 atom stereocenters. The van der Waals surface area contributed by atoms with E-state index in [1.54, 1.807) is 0 Å². The van der Waals surface area contributed by atoms with E-state index < -0.39 is 5.97 Å². The zero-order chi connectivity index (χ0) is 21.1. The summed E-state index contributed by atoms with van der Waals surface area (Å²) in [6, 6.07) is -0.191. The number of hydrogen-bond donors (Lipinski definition) is 4. The van der Waals surface area contributed by atoms with E-state index in [1.165, 1.54) is 0 Å². The van der Waals surface area contributed by atoms with Gasteiger partial charge in [-0.3, -0.25) is 9.79 Å². The number of guanidine groups is 1. The molecule has 0 amide bonds. The first-order valence-corrected chi connectivity index (χ1v) is 9.85. The molecule has 6 N–H and O–H groups in total. The molecule has 1 aliphatic heterocycles. The fraction of sp³-hybridized carbons (Fsp3) is 0.619. The predicted octanol–water partition coefficient (Wildman–Crippen LogP) is 3.08. The third kappa shape index (κ3) is 5.09. The van der Waals surface area contributed by atoms with Gasteiger partial charge in [0.15, 0.2) is 5.96 Å². The fourth-order valence-corrected chi connectivity index (χ4v) is 3.96. The normalized spacial score (nSPS) is 19.4. The Kier molecular flexibility index (Phi) is 6.80. The first-order chi connectivity index (χ1) is 13.0. The second-order valence-electron chi connectivity index (χ2n) is 8.12. The van der Waals surface area contributed by atoms with Crippen molar-refractivity contribution in [1.29, 1.82) is 0 Å². The van der Waals surface area contributed by atoms with Gasteiger partial charge < -0.3 is 26.4 Å². The minimum absolute atomic E-state index is 0.00849. The number of carboxylic acid groups (broad SMARTS) is 1. The lowest BCUT2D eigenvalue weighted by molar-refractivity contribution is -0.137. The van der Waals surface area contributed by atoms with Gasteiger partial charge in [0.1, 0.15) is 17.1 Å². The van der Waals surface area contributed by atoms with Crippen LogP contribution in [0.1, 0.15) is 67.7 Å². The van der Waals surface area contributed by atoms with E-state index in [9.17, 15) is 9.90 Å². The van der Waals surface area contributed by atoms with Crippen LogP contribution < -0.4 is 16.2 Å². The fourth-order valence-electron chi connectivity index (χ4n) is 3.96. The number of nitrogens with two attached hydrogens (primary N) is 2. The molecule has 0 fully saturated rings. The summed E-state index contributed by atoms with van der Waals surface area (Å²) in [6.45, 7) is 7.95. The van der Waals surface area contributed by atoms with Gasteiger partial charge in [-0.2, -0.15) is 0 Å². The number of aliphatic imine (C=N–C) groups is 1. The number of fused-ring (bicyclic) bond motifs is 1. The van der Waals surface area contributed by atoms with Crippen molar-refractivity contribution in [3.63, 3.8) is 0 Å². The Balaban J connectivity index is 2.05. The van der Waals surface area contributed by atoms with Gasteiger partial charge in [-0.1, -0.05) is 0 Å². The van der Waals surface area contributed by atoms with Crippen molar-refractivity contribution < 1.29 is 19.7 Å². The van der Waals surface area contributed by atoms with Crippen LogP contribution in [0, 0.1) is 20.8 Å². The van der Waals surface area contributed by atoms with Crippen LogP contribution >= 0.6 is 0 Å². The summed E-state index contributed by atoms with van der Waals surface area (Å²) >= 11 is 0. The smallest absolute Gasteiger partial charge is 0.303 e. The quantitative estimate of drug-likeness (QED) is 0.398. The number of aromatic hydroxyl groups is 1. The van der Waals surface area contributed by atoms with Crippen molar-refractivity contribution in [3.05, 3.63) is 22.3 Å². The molecule has 0 spiro atoms. The highest BCUT2D eigenvalue weighted by Crippen LogP contribution is 2.44. The number of nitrogens with zero attached hydrogens (tertiary/aromatic N) is 1. The average molecular weight is 392 g/mol. The number of phenolic OH excluding ortho intramolecular Hbond substituents is 1. The molecule has 7 heteroatoms. The van der Waals surface area contributed by atoms with Crippen LogP contribution in [0.25, 0.3) is 0 Å². The molecule has 0 aromatic heterocycles. The van der Waals surface area contributed by atoms with Crippen molar-refractivity contribution >= 4 is 11.9 Å². The lowest BCUT2D eigenvalue weighted by Gasteiger charge is -2.38. The van der Waals surface area contributed by atoms with Crippen molar-refractivity contribution in [3.8, 4) is 11.5 Å². The molecule has 7 nitrogen and oxygen atoms in total. The Hall–Kier alpha value is -2.44. The molecular weight excluding hydrogens is 358 g/mol. The molecule has 0 saturated heterocycles. The number of phenols is 1. The highest BCUT2D eigenvalue weighted by atomic mass is 16.5. The molecule has 1 heterocycles. The monoisotopic (exact) mass is 391 g/mol. The SMILES string of the molecule is Cc1c(C)c2c(c(C)c1O)CCC(C)(CCCC(CCC(=O)O)N=C(N)N)O2. The van der Waals surface area contributed by atoms with E-state index in [1.807, 2.05) is 20.8 Å². The molecule has 0 bridgehead atoms. The lowest BCUT2D eigenvalue weighted by Crippen LogP contribution is -2.37. The molecule has 28 heavy (non-hydrogen) atoms. The van der Waals surface area contributed by atoms with E-state index in [4.69, 9.17) is 21.3 Å². The molecule has 156 valence electrons. The molecule has 0 saturated carbocycles. The summed E-state index contributed by atoms with van der Waals surface area (Å²) in [4.78, 5) is 15.0. The molecular formula is C21H33N3O4. The van der Waals surface area contributed by atoms with Gasteiger partial charge >= 0.3 is 5.97 Å². The number of hydrogen-bond acceptors (Lipinski definition) is 4. The van der Waals surface area contributed by atoms with Crippen LogP contribution in [-0.2, 0) is 11.2 Å². The number of aliphatic carboxylic acids is 1. The average Bonchev–Trinajstić information content (AvgIpc) is 2.62. The molecule has 1 aromatic carbocycles. The van der Waals surface area contributed by atoms with E-state index in [-0.39, 0.29) is 24.0 Å². The zero-order valence-corrected chi connectivity index (χ0v) is 17.3. The Labute approximate surface area is 166 Å². The highest BCUT2D eigenvalue weighted by Gasteiger charge is 2.34. The first-order valence-electron chi connectivity index (χ1n) is 9.85. The number of rotatable bonds is 8. The maximum atomic E-state index is 10.8. The van der Waals surface area contributed by atoms with Gasteiger partial charge in [-0.25, -0.2) is 0 Å². The van der Waals surface area contributed by atoms with E-state index in [0.29, 0.717) is 18.6 Å². The number of ether oxygens (including phenoxy) is 1. The number of carboxylic acids is 1.